The second kappa shape index (κ2) is 5.15. The molecule has 0 unspecified atom stereocenters. The van der Waals surface area contributed by atoms with Crippen molar-refractivity contribution in [3.8, 4) is 0 Å². The topological polar surface area (TPSA) is 4.93 Å². The highest BCUT2D eigenvalue weighted by molar-refractivity contribution is 5.89. The average molecular weight is 247 g/mol. The van der Waals surface area contributed by atoms with E-state index >= 15 is 0 Å². The molecule has 0 amide bonds. The van der Waals surface area contributed by atoms with E-state index in [2.05, 4.69) is 84.4 Å². The Bertz CT molecular complexity index is 705. The summed E-state index contributed by atoms with van der Waals surface area (Å²) in [6.45, 7) is 2.97. The number of nitrogens with zero attached hydrogens (tertiary/aromatic N) is 1. The zero-order chi connectivity index (χ0) is 13.1. The Kier molecular flexibility index (Phi) is 3.20. The first kappa shape index (κ1) is 11.8. The van der Waals surface area contributed by atoms with Gasteiger partial charge in [0.2, 0.25) is 0 Å². The fourth-order valence-electron chi connectivity index (χ4n) is 2.50. The lowest BCUT2D eigenvalue weighted by Gasteiger charge is -2.05. The summed E-state index contributed by atoms with van der Waals surface area (Å²) in [6.07, 6.45) is 6.50. The van der Waals surface area contributed by atoms with Crippen LogP contribution < -0.4 is 0 Å². The second-order valence-electron chi connectivity index (χ2n) is 4.72. The van der Waals surface area contributed by atoms with Crippen LogP contribution in [-0.2, 0) is 6.54 Å². The summed E-state index contributed by atoms with van der Waals surface area (Å²) in [6, 6.07) is 19.2. The Morgan fingerprint density at radius 2 is 1.68 bits per heavy atom. The highest BCUT2D eigenvalue weighted by Crippen LogP contribution is 2.23. The molecule has 0 aliphatic carbocycles. The lowest BCUT2D eigenvalue weighted by molar-refractivity contribution is 0.836. The molecule has 0 bridgehead atoms. The van der Waals surface area contributed by atoms with Gasteiger partial charge >= 0.3 is 0 Å². The quantitative estimate of drug-likeness (QED) is 0.631. The number of hydrogen-bond donors (Lipinski definition) is 0. The fraction of sp³-hybridized carbons (Fsp3) is 0.111. The van der Waals surface area contributed by atoms with Gasteiger partial charge in [-0.15, -0.1) is 0 Å². The number of para-hydroxylation sites is 1. The molecular weight excluding hydrogens is 230 g/mol. The Morgan fingerprint density at radius 1 is 0.947 bits per heavy atom. The molecule has 0 aliphatic rings. The summed E-state index contributed by atoms with van der Waals surface area (Å²) in [5.41, 5.74) is 3.91. The molecule has 2 aromatic carbocycles. The van der Waals surface area contributed by atoms with E-state index in [1.807, 2.05) is 0 Å². The van der Waals surface area contributed by atoms with Gasteiger partial charge in [0.05, 0.1) is 0 Å². The summed E-state index contributed by atoms with van der Waals surface area (Å²) in [7, 11) is 0. The van der Waals surface area contributed by atoms with Crippen molar-refractivity contribution in [3.63, 3.8) is 0 Å². The molecule has 0 N–H and O–H groups in total. The van der Waals surface area contributed by atoms with Crippen molar-refractivity contribution in [3.05, 3.63) is 78.0 Å². The molecular formula is C18H17N. The summed E-state index contributed by atoms with van der Waals surface area (Å²) >= 11 is 0. The molecule has 3 aromatic rings. The van der Waals surface area contributed by atoms with Gasteiger partial charge in [0, 0.05) is 23.6 Å². The first-order valence-electron chi connectivity index (χ1n) is 6.63. The monoisotopic (exact) mass is 247 g/mol. The largest absolute Gasteiger partial charge is 0.342 e. The van der Waals surface area contributed by atoms with Crippen LogP contribution >= 0.6 is 0 Å². The minimum Gasteiger partial charge on any atom is -0.342 e. The minimum absolute atomic E-state index is 0.916. The third-order valence-electron chi connectivity index (χ3n) is 3.36. The third kappa shape index (κ3) is 2.32. The van der Waals surface area contributed by atoms with Gasteiger partial charge in [0.25, 0.3) is 0 Å². The van der Waals surface area contributed by atoms with Crippen molar-refractivity contribution in [1.29, 1.82) is 0 Å². The van der Waals surface area contributed by atoms with Gasteiger partial charge in [-0.05, 0) is 24.1 Å². The predicted molar refractivity (Wildman–Crippen MR) is 82.2 cm³/mol. The van der Waals surface area contributed by atoms with Gasteiger partial charge in [0.1, 0.15) is 0 Å². The van der Waals surface area contributed by atoms with Crippen LogP contribution in [0.15, 0.2) is 66.9 Å². The molecule has 94 valence electrons. The molecule has 1 heteroatoms. The number of aromatic nitrogens is 1. The van der Waals surface area contributed by atoms with Gasteiger partial charge in [0.15, 0.2) is 0 Å². The standard InChI is InChI=1S/C18H17N/c1-2-8-16-14-19(13-15-9-4-3-5-10-15)18-12-7-6-11-17(16)18/h2-12,14H,13H2,1H3/b8-2+. The summed E-state index contributed by atoms with van der Waals surface area (Å²) < 4.78 is 2.32. The van der Waals surface area contributed by atoms with Crippen LogP contribution in [0, 0.1) is 0 Å². The van der Waals surface area contributed by atoms with Gasteiger partial charge < -0.3 is 4.57 Å². The molecule has 0 radical (unpaired) electrons. The SMILES string of the molecule is C/C=C/c1cn(Cc2ccccc2)c2ccccc12. The summed E-state index contributed by atoms with van der Waals surface area (Å²) in [4.78, 5) is 0. The molecule has 0 fully saturated rings. The zero-order valence-electron chi connectivity index (χ0n) is 11.1. The van der Waals surface area contributed by atoms with E-state index in [-0.39, 0.29) is 0 Å². The first-order valence-corrected chi connectivity index (χ1v) is 6.63. The predicted octanol–water partition coefficient (Wildman–Crippen LogP) is 4.72. The van der Waals surface area contributed by atoms with Crippen molar-refractivity contribution >= 4 is 17.0 Å². The van der Waals surface area contributed by atoms with Crippen LogP contribution in [0.3, 0.4) is 0 Å². The third-order valence-corrected chi connectivity index (χ3v) is 3.36. The van der Waals surface area contributed by atoms with Crippen molar-refractivity contribution in [1.82, 2.24) is 4.57 Å². The lowest BCUT2D eigenvalue weighted by Crippen LogP contribution is -1.97. The first-order chi connectivity index (χ1) is 9.38. The van der Waals surface area contributed by atoms with Crippen LogP contribution in [0.4, 0.5) is 0 Å². The molecule has 19 heavy (non-hydrogen) atoms. The van der Waals surface area contributed by atoms with E-state index < -0.39 is 0 Å². The zero-order valence-corrected chi connectivity index (χ0v) is 11.1. The molecule has 1 nitrogen and oxygen atoms in total. The molecule has 0 spiro atoms. The molecule has 0 aliphatic heterocycles. The number of hydrogen-bond acceptors (Lipinski definition) is 0. The number of benzene rings is 2. The van der Waals surface area contributed by atoms with Crippen LogP contribution in [0.25, 0.3) is 17.0 Å². The van der Waals surface area contributed by atoms with E-state index in [0.29, 0.717) is 0 Å². The number of allylic oxidation sites excluding steroid dienone is 1. The van der Waals surface area contributed by atoms with Crippen LogP contribution in [0.1, 0.15) is 18.1 Å². The fourth-order valence-corrected chi connectivity index (χ4v) is 2.50. The average Bonchev–Trinajstić information content (AvgIpc) is 2.79. The van der Waals surface area contributed by atoms with Crippen LogP contribution in [-0.4, -0.2) is 4.57 Å². The Morgan fingerprint density at radius 3 is 2.47 bits per heavy atom. The van der Waals surface area contributed by atoms with E-state index in [1.165, 1.54) is 22.0 Å². The molecule has 3 rings (SSSR count). The lowest BCUT2D eigenvalue weighted by atomic mass is 10.1. The van der Waals surface area contributed by atoms with E-state index in [1.54, 1.807) is 0 Å². The summed E-state index contributed by atoms with van der Waals surface area (Å²) in [5.74, 6) is 0. The molecule has 0 atom stereocenters. The second-order valence-corrected chi connectivity index (χ2v) is 4.72. The maximum atomic E-state index is 2.32. The highest BCUT2D eigenvalue weighted by Gasteiger charge is 2.05. The maximum absolute atomic E-state index is 2.32. The smallest absolute Gasteiger partial charge is 0.0489 e. The number of rotatable bonds is 3. The summed E-state index contributed by atoms with van der Waals surface area (Å²) in [5, 5.41) is 1.32. The van der Waals surface area contributed by atoms with E-state index in [9.17, 15) is 0 Å². The molecule has 0 saturated carbocycles. The van der Waals surface area contributed by atoms with Crippen LogP contribution in [0.5, 0.6) is 0 Å². The highest BCUT2D eigenvalue weighted by atomic mass is 15.0. The van der Waals surface area contributed by atoms with E-state index in [4.69, 9.17) is 0 Å². The van der Waals surface area contributed by atoms with Crippen molar-refractivity contribution in [2.24, 2.45) is 0 Å². The van der Waals surface area contributed by atoms with Crippen molar-refractivity contribution in [2.75, 3.05) is 0 Å². The van der Waals surface area contributed by atoms with Crippen molar-refractivity contribution < 1.29 is 0 Å². The van der Waals surface area contributed by atoms with Gasteiger partial charge in [-0.2, -0.15) is 0 Å². The van der Waals surface area contributed by atoms with Crippen LogP contribution in [0.2, 0.25) is 0 Å². The van der Waals surface area contributed by atoms with Crippen molar-refractivity contribution in [2.45, 2.75) is 13.5 Å². The Balaban J connectivity index is 2.09. The normalized spacial score (nSPS) is 11.4. The Hall–Kier alpha value is -2.28. The van der Waals surface area contributed by atoms with Gasteiger partial charge in [-0.1, -0.05) is 60.7 Å². The molecule has 1 heterocycles. The van der Waals surface area contributed by atoms with Gasteiger partial charge in [-0.25, -0.2) is 0 Å². The minimum atomic E-state index is 0.916. The van der Waals surface area contributed by atoms with Gasteiger partial charge in [-0.3, -0.25) is 0 Å². The number of fused-ring (bicyclic) bond motifs is 1. The molecule has 0 saturated heterocycles. The van der Waals surface area contributed by atoms with E-state index in [0.717, 1.165) is 6.54 Å². The molecule has 1 aromatic heterocycles. The Labute approximate surface area is 113 Å². The maximum Gasteiger partial charge on any atom is 0.0489 e.